The number of hydrogen-bond donors (Lipinski definition) is 2. The van der Waals surface area contributed by atoms with E-state index in [4.69, 9.17) is 4.42 Å². The van der Waals surface area contributed by atoms with Crippen molar-refractivity contribution in [1.29, 1.82) is 0 Å². The number of hydrogen-bond acceptors (Lipinski definition) is 3. The van der Waals surface area contributed by atoms with E-state index in [0.717, 1.165) is 18.4 Å². The number of aryl methyl sites for hydroxylation is 2. The first-order valence-corrected chi connectivity index (χ1v) is 8.36. The van der Waals surface area contributed by atoms with Crippen LogP contribution in [-0.2, 0) is 29.0 Å². The molecule has 0 saturated heterocycles. The monoisotopic (exact) mass is 326 g/mol. The Balaban J connectivity index is 1.56. The number of carbonyl (C=O) groups excluding carboxylic acids is 2. The van der Waals surface area contributed by atoms with Gasteiger partial charge in [-0.25, -0.2) is 0 Å². The summed E-state index contributed by atoms with van der Waals surface area (Å²) in [5.41, 5.74) is 3.80. The average molecular weight is 326 g/mol. The highest BCUT2D eigenvalue weighted by molar-refractivity contribution is 6.35. The van der Waals surface area contributed by atoms with Gasteiger partial charge in [-0.1, -0.05) is 18.2 Å². The van der Waals surface area contributed by atoms with E-state index in [1.807, 2.05) is 13.0 Å². The van der Waals surface area contributed by atoms with E-state index in [9.17, 15) is 9.59 Å². The molecule has 126 valence electrons. The van der Waals surface area contributed by atoms with Gasteiger partial charge < -0.3 is 15.1 Å². The molecule has 0 aliphatic heterocycles. The molecule has 5 nitrogen and oxygen atoms in total. The fourth-order valence-corrected chi connectivity index (χ4v) is 3.03. The van der Waals surface area contributed by atoms with Crippen molar-refractivity contribution in [3.8, 4) is 0 Å². The van der Waals surface area contributed by atoms with Crippen LogP contribution in [0.5, 0.6) is 0 Å². The van der Waals surface area contributed by atoms with Gasteiger partial charge in [0, 0.05) is 0 Å². The molecule has 24 heavy (non-hydrogen) atoms. The number of benzene rings is 1. The molecule has 3 rings (SSSR count). The van der Waals surface area contributed by atoms with Crippen molar-refractivity contribution in [3.63, 3.8) is 0 Å². The van der Waals surface area contributed by atoms with Crippen LogP contribution in [0.1, 0.15) is 48.3 Å². The van der Waals surface area contributed by atoms with Crippen LogP contribution < -0.4 is 10.6 Å². The van der Waals surface area contributed by atoms with Gasteiger partial charge in [-0.05, 0) is 61.4 Å². The summed E-state index contributed by atoms with van der Waals surface area (Å²) in [6.45, 7) is 2.09. The lowest BCUT2D eigenvalue weighted by molar-refractivity contribution is -0.139. The molecule has 2 amide bonds. The molecular formula is C19H22N2O3. The summed E-state index contributed by atoms with van der Waals surface area (Å²) in [6, 6.07) is 9.60. The maximum Gasteiger partial charge on any atom is 0.309 e. The largest absolute Gasteiger partial charge is 0.467 e. The molecule has 0 saturated carbocycles. The van der Waals surface area contributed by atoms with Crippen LogP contribution >= 0.6 is 0 Å². The SMILES string of the molecule is CC(NC(=O)C(=O)NCc1ccco1)c1ccc2c(c1)CCCC2. The first kappa shape index (κ1) is 16.3. The van der Waals surface area contributed by atoms with Crippen LogP contribution in [0.25, 0.3) is 0 Å². The molecular weight excluding hydrogens is 304 g/mol. The minimum Gasteiger partial charge on any atom is -0.467 e. The van der Waals surface area contributed by atoms with Gasteiger partial charge in [-0.3, -0.25) is 9.59 Å². The van der Waals surface area contributed by atoms with E-state index < -0.39 is 11.8 Å². The molecule has 1 aliphatic carbocycles. The standard InChI is InChI=1S/C19H22N2O3/c1-13(15-9-8-14-5-2-3-6-16(14)11-15)21-19(23)18(22)20-12-17-7-4-10-24-17/h4,7-11,13H,2-3,5-6,12H2,1H3,(H,20,22)(H,21,23). The molecule has 0 radical (unpaired) electrons. The molecule has 5 heteroatoms. The summed E-state index contributed by atoms with van der Waals surface area (Å²) in [5, 5.41) is 5.30. The van der Waals surface area contributed by atoms with Crippen LogP contribution in [0.3, 0.4) is 0 Å². The molecule has 0 bridgehead atoms. The van der Waals surface area contributed by atoms with Crippen molar-refractivity contribution in [2.45, 2.75) is 45.2 Å². The lowest BCUT2D eigenvalue weighted by Crippen LogP contribution is -2.40. The minimum absolute atomic E-state index is 0.201. The van der Waals surface area contributed by atoms with Crippen molar-refractivity contribution in [2.75, 3.05) is 0 Å². The zero-order valence-corrected chi connectivity index (χ0v) is 13.8. The maximum absolute atomic E-state index is 12.0. The third-order valence-corrected chi connectivity index (χ3v) is 4.43. The Morgan fingerprint density at radius 2 is 1.92 bits per heavy atom. The zero-order chi connectivity index (χ0) is 16.9. The molecule has 1 aromatic heterocycles. The Morgan fingerprint density at radius 3 is 2.67 bits per heavy atom. The summed E-state index contributed by atoms with van der Waals surface area (Å²) in [4.78, 5) is 23.9. The van der Waals surface area contributed by atoms with E-state index in [1.54, 1.807) is 12.1 Å². The second-order valence-corrected chi connectivity index (χ2v) is 6.19. The molecule has 0 spiro atoms. The molecule has 2 aromatic rings. The van der Waals surface area contributed by atoms with Crippen LogP contribution in [0.2, 0.25) is 0 Å². The predicted molar refractivity (Wildman–Crippen MR) is 90.2 cm³/mol. The second-order valence-electron chi connectivity index (χ2n) is 6.19. The van der Waals surface area contributed by atoms with Gasteiger partial charge in [0.05, 0.1) is 18.8 Å². The summed E-state index contributed by atoms with van der Waals surface area (Å²) >= 11 is 0. The number of fused-ring (bicyclic) bond motifs is 1. The fourth-order valence-electron chi connectivity index (χ4n) is 3.03. The van der Waals surface area contributed by atoms with Crippen LogP contribution in [-0.4, -0.2) is 11.8 Å². The van der Waals surface area contributed by atoms with Crippen molar-refractivity contribution in [1.82, 2.24) is 10.6 Å². The molecule has 1 aromatic carbocycles. The van der Waals surface area contributed by atoms with Crippen molar-refractivity contribution >= 4 is 11.8 Å². The number of furan rings is 1. The third-order valence-electron chi connectivity index (χ3n) is 4.43. The Labute approximate surface area is 141 Å². The minimum atomic E-state index is -0.656. The van der Waals surface area contributed by atoms with E-state index >= 15 is 0 Å². The van der Waals surface area contributed by atoms with Gasteiger partial charge in [-0.15, -0.1) is 0 Å². The van der Waals surface area contributed by atoms with E-state index in [0.29, 0.717) is 5.76 Å². The summed E-state index contributed by atoms with van der Waals surface area (Å²) in [7, 11) is 0. The first-order chi connectivity index (χ1) is 11.6. The van der Waals surface area contributed by atoms with E-state index in [-0.39, 0.29) is 12.6 Å². The molecule has 1 atom stereocenters. The summed E-state index contributed by atoms with van der Waals surface area (Å²) < 4.78 is 5.12. The summed E-state index contributed by atoms with van der Waals surface area (Å²) in [5.74, 6) is -0.679. The van der Waals surface area contributed by atoms with Gasteiger partial charge in [0.25, 0.3) is 0 Å². The van der Waals surface area contributed by atoms with Crippen molar-refractivity contribution < 1.29 is 14.0 Å². The Bertz CT molecular complexity index is 722. The first-order valence-electron chi connectivity index (χ1n) is 8.36. The molecule has 1 heterocycles. The number of amides is 2. The highest BCUT2D eigenvalue weighted by Gasteiger charge is 2.18. The lowest BCUT2D eigenvalue weighted by Gasteiger charge is -2.20. The van der Waals surface area contributed by atoms with Gasteiger partial charge in [0.15, 0.2) is 0 Å². The van der Waals surface area contributed by atoms with E-state index in [2.05, 4.69) is 22.8 Å². The van der Waals surface area contributed by atoms with Crippen molar-refractivity contribution in [2.24, 2.45) is 0 Å². The van der Waals surface area contributed by atoms with Crippen LogP contribution in [0.15, 0.2) is 41.0 Å². The molecule has 2 N–H and O–H groups in total. The Hall–Kier alpha value is -2.56. The highest BCUT2D eigenvalue weighted by atomic mass is 16.3. The van der Waals surface area contributed by atoms with Crippen molar-refractivity contribution in [3.05, 3.63) is 59.0 Å². The van der Waals surface area contributed by atoms with Gasteiger partial charge >= 0.3 is 11.8 Å². The zero-order valence-electron chi connectivity index (χ0n) is 13.8. The normalized spacial score (nSPS) is 14.5. The quantitative estimate of drug-likeness (QED) is 0.849. The number of nitrogens with one attached hydrogen (secondary N) is 2. The smallest absolute Gasteiger partial charge is 0.309 e. The Morgan fingerprint density at radius 1 is 1.12 bits per heavy atom. The summed E-state index contributed by atoms with van der Waals surface area (Å²) in [6.07, 6.45) is 6.21. The average Bonchev–Trinajstić information content (AvgIpc) is 3.12. The fraction of sp³-hybridized carbons (Fsp3) is 0.368. The Kier molecular flexibility index (Phi) is 4.99. The number of rotatable bonds is 4. The van der Waals surface area contributed by atoms with Gasteiger partial charge in [0.2, 0.25) is 0 Å². The molecule has 1 unspecified atom stereocenters. The maximum atomic E-state index is 12.0. The predicted octanol–water partition coefficient (Wildman–Crippen LogP) is 2.65. The topological polar surface area (TPSA) is 71.3 Å². The van der Waals surface area contributed by atoms with Crippen LogP contribution in [0.4, 0.5) is 0 Å². The van der Waals surface area contributed by atoms with Gasteiger partial charge in [-0.2, -0.15) is 0 Å². The lowest BCUT2D eigenvalue weighted by atomic mass is 9.89. The number of carbonyl (C=O) groups is 2. The highest BCUT2D eigenvalue weighted by Crippen LogP contribution is 2.24. The van der Waals surface area contributed by atoms with E-state index in [1.165, 1.54) is 30.2 Å². The van der Waals surface area contributed by atoms with Crippen LogP contribution in [0, 0.1) is 0 Å². The van der Waals surface area contributed by atoms with Gasteiger partial charge in [0.1, 0.15) is 5.76 Å². The molecule has 0 fully saturated rings. The molecule has 1 aliphatic rings. The third kappa shape index (κ3) is 3.85. The second kappa shape index (κ2) is 7.34.